The Morgan fingerprint density at radius 1 is 1.21 bits per heavy atom. The van der Waals surface area contributed by atoms with Crippen molar-refractivity contribution in [2.75, 3.05) is 6.61 Å². The standard InChI is InChI=1S/C15H17NO3/c1-3-14(17)16-13(11-19-15(18)4-2)10-12-8-6-5-7-9-12/h3-9,13H,1-2,10-11H2,(H,16,17)/t13-/m1/s1. The van der Waals surface area contributed by atoms with E-state index < -0.39 is 5.97 Å². The van der Waals surface area contributed by atoms with E-state index in [1.165, 1.54) is 6.08 Å². The van der Waals surface area contributed by atoms with Crippen molar-refractivity contribution in [2.24, 2.45) is 0 Å². The molecular weight excluding hydrogens is 242 g/mol. The molecule has 1 aromatic rings. The average molecular weight is 259 g/mol. The number of carbonyl (C=O) groups excluding carboxylic acids is 2. The molecule has 1 N–H and O–H groups in total. The van der Waals surface area contributed by atoms with Crippen LogP contribution in [-0.2, 0) is 20.7 Å². The lowest BCUT2D eigenvalue weighted by molar-refractivity contribution is -0.139. The quantitative estimate of drug-likeness (QED) is 0.598. The third-order valence-electron chi connectivity index (χ3n) is 2.45. The van der Waals surface area contributed by atoms with Crippen LogP contribution in [-0.4, -0.2) is 24.5 Å². The van der Waals surface area contributed by atoms with Gasteiger partial charge >= 0.3 is 5.97 Å². The number of benzene rings is 1. The Morgan fingerprint density at radius 3 is 2.47 bits per heavy atom. The Hall–Kier alpha value is -2.36. The first-order valence-corrected chi connectivity index (χ1v) is 5.91. The highest BCUT2D eigenvalue weighted by Crippen LogP contribution is 2.04. The highest BCUT2D eigenvalue weighted by molar-refractivity contribution is 5.87. The van der Waals surface area contributed by atoms with E-state index in [9.17, 15) is 9.59 Å². The first-order chi connectivity index (χ1) is 9.15. The lowest BCUT2D eigenvalue weighted by atomic mass is 10.1. The zero-order chi connectivity index (χ0) is 14.1. The van der Waals surface area contributed by atoms with E-state index in [0.29, 0.717) is 6.42 Å². The number of carbonyl (C=O) groups is 2. The Balaban J connectivity index is 2.63. The molecule has 0 unspecified atom stereocenters. The SMILES string of the molecule is C=CC(=O)N[C@@H](COC(=O)C=C)Cc1ccccc1. The van der Waals surface area contributed by atoms with Gasteiger partial charge in [0.05, 0.1) is 6.04 Å². The summed E-state index contributed by atoms with van der Waals surface area (Å²) in [5, 5.41) is 2.73. The topological polar surface area (TPSA) is 55.4 Å². The van der Waals surface area contributed by atoms with Gasteiger partial charge < -0.3 is 10.1 Å². The minimum Gasteiger partial charge on any atom is -0.460 e. The molecule has 0 spiro atoms. The first kappa shape index (κ1) is 14.7. The summed E-state index contributed by atoms with van der Waals surface area (Å²) in [6.45, 7) is 6.81. The van der Waals surface area contributed by atoms with Crippen LogP contribution in [0.5, 0.6) is 0 Å². The number of hydrogen-bond acceptors (Lipinski definition) is 3. The van der Waals surface area contributed by atoms with Crippen LogP contribution in [0.2, 0.25) is 0 Å². The molecule has 0 saturated heterocycles. The predicted octanol–water partition coefficient (Wildman–Crippen LogP) is 1.63. The Bertz CT molecular complexity index is 454. The molecule has 0 bridgehead atoms. The van der Waals surface area contributed by atoms with Gasteiger partial charge in [-0.3, -0.25) is 4.79 Å². The smallest absolute Gasteiger partial charge is 0.330 e. The minimum atomic E-state index is -0.508. The maximum absolute atomic E-state index is 11.3. The summed E-state index contributed by atoms with van der Waals surface area (Å²) in [5.74, 6) is -0.804. The fourth-order valence-corrected chi connectivity index (χ4v) is 1.55. The molecule has 4 nitrogen and oxygen atoms in total. The lowest BCUT2D eigenvalue weighted by Gasteiger charge is -2.17. The van der Waals surface area contributed by atoms with Crippen LogP contribution in [0.25, 0.3) is 0 Å². The molecule has 0 heterocycles. The fourth-order valence-electron chi connectivity index (χ4n) is 1.55. The molecule has 1 aromatic carbocycles. The van der Waals surface area contributed by atoms with Crippen molar-refractivity contribution in [1.82, 2.24) is 5.32 Å². The molecule has 0 aliphatic carbocycles. The zero-order valence-electron chi connectivity index (χ0n) is 10.7. The summed E-state index contributed by atoms with van der Waals surface area (Å²) in [7, 11) is 0. The third-order valence-corrected chi connectivity index (χ3v) is 2.45. The number of esters is 1. The maximum atomic E-state index is 11.3. The van der Waals surface area contributed by atoms with Gasteiger partial charge in [-0.2, -0.15) is 0 Å². The normalized spacial score (nSPS) is 11.2. The number of nitrogens with one attached hydrogen (secondary N) is 1. The molecule has 19 heavy (non-hydrogen) atoms. The van der Waals surface area contributed by atoms with Gasteiger partial charge in [-0.25, -0.2) is 4.79 Å². The van der Waals surface area contributed by atoms with Gasteiger partial charge in [0.15, 0.2) is 0 Å². The first-order valence-electron chi connectivity index (χ1n) is 5.91. The third kappa shape index (κ3) is 5.68. The molecule has 0 saturated carbocycles. The maximum Gasteiger partial charge on any atom is 0.330 e. The van der Waals surface area contributed by atoms with Gasteiger partial charge in [0.2, 0.25) is 5.91 Å². The van der Waals surface area contributed by atoms with Crippen molar-refractivity contribution in [3.63, 3.8) is 0 Å². The van der Waals surface area contributed by atoms with Crippen molar-refractivity contribution in [3.8, 4) is 0 Å². The molecule has 0 aliphatic heterocycles. The summed E-state index contributed by atoms with van der Waals surface area (Å²) in [4.78, 5) is 22.4. The molecule has 0 aromatic heterocycles. The summed E-state index contributed by atoms with van der Waals surface area (Å²) < 4.78 is 4.96. The fraction of sp³-hybridized carbons (Fsp3) is 0.200. The van der Waals surface area contributed by atoms with E-state index in [1.807, 2.05) is 30.3 Å². The van der Waals surface area contributed by atoms with Crippen molar-refractivity contribution >= 4 is 11.9 Å². The van der Waals surface area contributed by atoms with Crippen LogP contribution in [0.1, 0.15) is 5.56 Å². The second-order valence-electron chi connectivity index (χ2n) is 3.93. The minimum absolute atomic E-state index is 0.0966. The number of ether oxygens (including phenoxy) is 1. The molecule has 1 atom stereocenters. The molecule has 0 radical (unpaired) electrons. The second kappa shape index (κ2) is 7.87. The Kier molecular flexibility index (Phi) is 6.09. The van der Waals surface area contributed by atoms with Gasteiger partial charge in [0, 0.05) is 6.08 Å². The molecular formula is C15H17NO3. The Morgan fingerprint density at radius 2 is 1.89 bits per heavy atom. The van der Waals surface area contributed by atoms with Crippen LogP contribution >= 0.6 is 0 Å². The molecule has 0 fully saturated rings. The van der Waals surface area contributed by atoms with Gasteiger partial charge in [-0.1, -0.05) is 43.5 Å². The van der Waals surface area contributed by atoms with E-state index in [0.717, 1.165) is 11.6 Å². The predicted molar refractivity (Wildman–Crippen MR) is 73.4 cm³/mol. The zero-order valence-corrected chi connectivity index (χ0v) is 10.7. The summed E-state index contributed by atoms with van der Waals surface area (Å²) in [6, 6.07) is 9.34. The summed E-state index contributed by atoms with van der Waals surface area (Å²) in [6.07, 6.45) is 2.85. The van der Waals surface area contributed by atoms with Crippen molar-refractivity contribution in [3.05, 3.63) is 61.2 Å². The van der Waals surface area contributed by atoms with Crippen LogP contribution in [0.15, 0.2) is 55.6 Å². The van der Waals surface area contributed by atoms with E-state index in [-0.39, 0.29) is 18.6 Å². The van der Waals surface area contributed by atoms with Crippen LogP contribution in [0.4, 0.5) is 0 Å². The van der Waals surface area contributed by atoms with Crippen LogP contribution in [0.3, 0.4) is 0 Å². The lowest BCUT2D eigenvalue weighted by Crippen LogP contribution is -2.39. The summed E-state index contributed by atoms with van der Waals surface area (Å²) in [5.41, 5.74) is 1.05. The number of amides is 1. The van der Waals surface area contributed by atoms with Crippen molar-refractivity contribution in [1.29, 1.82) is 0 Å². The van der Waals surface area contributed by atoms with Crippen LogP contribution in [0, 0.1) is 0 Å². The van der Waals surface area contributed by atoms with Gasteiger partial charge in [0.25, 0.3) is 0 Å². The summed E-state index contributed by atoms with van der Waals surface area (Å²) >= 11 is 0. The van der Waals surface area contributed by atoms with E-state index in [1.54, 1.807) is 0 Å². The van der Waals surface area contributed by atoms with Gasteiger partial charge in [0.1, 0.15) is 6.61 Å². The molecule has 0 aliphatic rings. The highest BCUT2D eigenvalue weighted by Gasteiger charge is 2.13. The number of hydrogen-bond donors (Lipinski definition) is 1. The van der Waals surface area contributed by atoms with Crippen molar-refractivity contribution < 1.29 is 14.3 Å². The molecule has 100 valence electrons. The Labute approximate surface area is 112 Å². The number of rotatable bonds is 7. The van der Waals surface area contributed by atoms with Gasteiger partial charge in [-0.15, -0.1) is 0 Å². The van der Waals surface area contributed by atoms with Gasteiger partial charge in [-0.05, 0) is 18.1 Å². The van der Waals surface area contributed by atoms with E-state index in [4.69, 9.17) is 4.74 Å². The van der Waals surface area contributed by atoms with Crippen LogP contribution < -0.4 is 5.32 Å². The van der Waals surface area contributed by atoms with Crippen molar-refractivity contribution in [2.45, 2.75) is 12.5 Å². The second-order valence-corrected chi connectivity index (χ2v) is 3.93. The molecule has 1 rings (SSSR count). The highest BCUT2D eigenvalue weighted by atomic mass is 16.5. The average Bonchev–Trinajstić information content (AvgIpc) is 2.45. The monoisotopic (exact) mass is 259 g/mol. The van der Waals surface area contributed by atoms with E-state index in [2.05, 4.69) is 18.5 Å². The molecule has 4 heteroatoms. The largest absolute Gasteiger partial charge is 0.460 e. The molecule has 1 amide bonds. The van der Waals surface area contributed by atoms with E-state index >= 15 is 0 Å².